The van der Waals surface area contributed by atoms with Crippen molar-refractivity contribution in [3.63, 3.8) is 0 Å². The SMILES string of the molecule is CCN(CC1CCCO1)C(=O)N1CCCC(C)C1C(=O)O. The molecule has 1 N–H and O–H groups in total. The van der Waals surface area contributed by atoms with Gasteiger partial charge in [0, 0.05) is 26.2 Å². The summed E-state index contributed by atoms with van der Waals surface area (Å²) in [6.07, 6.45) is 3.84. The summed E-state index contributed by atoms with van der Waals surface area (Å²) in [7, 11) is 0. The highest BCUT2D eigenvalue weighted by Gasteiger charge is 2.39. The van der Waals surface area contributed by atoms with Gasteiger partial charge in [-0.05, 0) is 38.5 Å². The molecule has 0 bridgehead atoms. The van der Waals surface area contributed by atoms with Gasteiger partial charge in [0.2, 0.25) is 0 Å². The number of likely N-dealkylation sites (N-methyl/N-ethyl adjacent to an activating group) is 1. The summed E-state index contributed by atoms with van der Waals surface area (Å²) in [5, 5.41) is 9.43. The van der Waals surface area contributed by atoms with Crippen LogP contribution in [0.3, 0.4) is 0 Å². The fraction of sp³-hybridized carbons (Fsp3) is 0.867. The zero-order chi connectivity index (χ0) is 15.4. The number of carboxylic acid groups (broad SMARTS) is 1. The summed E-state index contributed by atoms with van der Waals surface area (Å²) in [6.45, 7) is 6.27. The van der Waals surface area contributed by atoms with E-state index in [1.165, 1.54) is 4.90 Å². The van der Waals surface area contributed by atoms with Crippen molar-refractivity contribution in [1.29, 1.82) is 0 Å². The summed E-state index contributed by atoms with van der Waals surface area (Å²) in [6, 6.07) is -0.864. The van der Waals surface area contributed by atoms with Crippen LogP contribution in [-0.4, -0.2) is 65.3 Å². The Morgan fingerprint density at radius 1 is 1.33 bits per heavy atom. The van der Waals surface area contributed by atoms with E-state index in [1.807, 2.05) is 13.8 Å². The lowest BCUT2D eigenvalue weighted by atomic mass is 9.91. The van der Waals surface area contributed by atoms with Gasteiger partial charge in [0.25, 0.3) is 0 Å². The summed E-state index contributed by atoms with van der Waals surface area (Å²) >= 11 is 0. The predicted octanol–water partition coefficient (Wildman–Crippen LogP) is 1.79. The van der Waals surface area contributed by atoms with E-state index in [0.717, 1.165) is 32.3 Å². The standard InChI is InChI=1S/C15H26N2O4/c1-3-16(10-12-7-5-9-21-12)15(20)17-8-4-6-11(2)13(17)14(18)19/h11-13H,3-10H2,1-2H3,(H,18,19). The number of carbonyl (C=O) groups excluding carboxylic acids is 1. The number of hydrogen-bond acceptors (Lipinski definition) is 3. The van der Waals surface area contributed by atoms with Gasteiger partial charge in [0.15, 0.2) is 0 Å². The second-order valence-electron chi connectivity index (χ2n) is 6.05. The third kappa shape index (κ3) is 3.67. The van der Waals surface area contributed by atoms with Crippen LogP contribution in [0.15, 0.2) is 0 Å². The number of aliphatic carboxylic acids is 1. The molecule has 0 saturated carbocycles. The molecule has 3 unspecified atom stereocenters. The third-order valence-corrected chi connectivity index (χ3v) is 4.53. The van der Waals surface area contributed by atoms with Crippen LogP contribution in [0.25, 0.3) is 0 Å². The van der Waals surface area contributed by atoms with Crippen LogP contribution in [-0.2, 0) is 9.53 Å². The molecule has 0 spiro atoms. The van der Waals surface area contributed by atoms with Crippen LogP contribution in [0.1, 0.15) is 39.5 Å². The van der Waals surface area contributed by atoms with Gasteiger partial charge in [-0.2, -0.15) is 0 Å². The normalized spacial score (nSPS) is 29.4. The van der Waals surface area contributed by atoms with E-state index in [-0.39, 0.29) is 18.1 Å². The lowest BCUT2D eigenvalue weighted by Crippen LogP contribution is -2.56. The van der Waals surface area contributed by atoms with Crippen LogP contribution in [0.4, 0.5) is 4.79 Å². The van der Waals surface area contributed by atoms with Crippen LogP contribution in [0.5, 0.6) is 0 Å². The zero-order valence-corrected chi connectivity index (χ0v) is 13.0. The number of carboxylic acids is 1. The van der Waals surface area contributed by atoms with Crippen LogP contribution in [0.2, 0.25) is 0 Å². The largest absolute Gasteiger partial charge is 0.480 e. The van der Waals surface area contributed by atoms with Gasteiger partial charge >= 0.3 is 12.0 Å². The number of urea groups is 1. The van der Waals surface area contributed by atoms with Crippen molar-refractivity contribution in [1.82, 2.24) is 9.80 Å². The fourth-order valence-electron chi connectivity index (χ4n) is 3.34. The smallest absolute Gasteiger partial charge is 0.326 e. The molecule has 0 aromatic carbocycles. The molecule has 2 aliphatic heterocycles. The molecule has 6 nitrogen and oxygen atoms in total. The van der Waals surface area contributed by atoms with Crippen molar-refractivity contribution in [3.05, 3.63) is 0 Å². The highest BCUT2D eigenvalue weighted by molar-refractivity contribution is 5.83. The van der Waals surface area contributed by atoms with Crippen LogP contribution >= 0.6 is 0 Å². The van der Waals surface area contributed by atoms with Gasteiger partial charge in [0.1, 0.15) is 6.04 Å². The Morgan fingerprint density at radius 3 is 2.67 bits per heavy atom. The van der Waals surface area contributed by atoms with E-state index in [2.05, 4.69) is 0 Å². The molecule has 120 valence electrons. The molecule has 2 heterocycles. The molecule has 0 radical (unpaired) electrons. The van der Waals surface area contributed by atoms with Crippen molar-refractivity contribution in [2.24, 2.45) is 5.92 Å². The van der Waals surface area contributed by atoms with Crippen molar-refractivity contribution in [2.75, 3.05) is 26.2 Å². The molecule has 2 aliphatic rings. The molecule has 2 saturated heterocycles. The minimum absolute atomic E-state index is 0.00152. The second-order valence-corrected chi connectivity index (χ2v) is 6.05. The van der Waals surface area contributed by atoms with E-state index in [9.17, 15) is 14.7 Å². The van der Waals surface area contributed by atoms with E-state index < -0.39 is 12.0 Å². The van der Waals surface area contributed by atoms with Gasteiger partial charge in [-0.15, -0.1) is 0 Å². The first kappa shape index (κ1) is 16.1. The number of carbonyl (C=O) groups is 2. The topological polar surface area (TPSA) is 70.1 Å². The first-order valence-electron chi connectivity index (χ1n) is 7.94. The molecule has 0 aromatic rings. The second kappa shape index (κ2) is 7.11. The predicted molar refractivity (Wildman–Crippen MR) is 78.1 cm³/mol. The Balaban J connectivity index is 2.05. The molecular formula is C15H26N2O4. The Bertz CT molecular complexity index is 382. The van der Waals surface area contributed by atoms with Crippen LogP contribution in [0, 0.1) is 5.92 Å². The van der Waals surface area contributed by atoms with Gasteiger partial charge < -0.3 is 19.6 Å². The molecule has 3 atom stereocenters. The van der Waals surface area contributed by atoms with Gasteiger partial charge in [-0.1, -0.05) is 6.92 Å². The average molecular weight is 298 g/mol. The maximum Gasteiger partial charge on any atom is 0.326 e. The van der Waals surface area contributed by atoms with Gasteiger partial charge in [-0.25, -0.2) is 9.59 Å². The monoisotopic (exact) mass is 298 g/mol. The molecule has 2 amide bonds. The Kier molecular flexibility index (Phi) is 5.45. The quantitative estimate of drug-likeness (QED) is 0.859. The molecule has 2 fully saturated rings. The fourth-order valence-corrected chi connectivity index (χ4v) is 3.34. The molecule has 0 aromatic heterocycles. The Labute approximate surface area is 126 Å². The lowest BCUT2D eigenvalue weighted by molar-refractivity contribution is -0.145. The van der Waals surface area contributed by atoms with Crippen molar-refractivity contribution in [3.8, 4) is 0 Å². The minimum atomic E-state index is -0.899. The summed E-state index contributed by atoms with van der Waals surface area (Å²) in [5.41, 5.74) is 0. The molecule has 0 aliphatic carbocycles. The Morgan fingerprint density at radius 2 is 2.10 bits per heavy atom. The number of ether oxygens (including phenoxy) is 1. The maximum absolute atomic E-state index is 12.7. The van der Waals surface area contributed by atoms with Crippen molar-refractivity contribution >= 4 is 12.0 Å². The highest BCUT2D eigenvalue weighted by atomic mass is 16.5. The molecular weight excluding hydrogens is 272 g/mol. The number of piperidine rings is 1. The average Bonchev–Trinajstić information content (AvgIpc) is 2.96. The highest BCUT2D eigenvalue weighted by Crippen LogP contribution is 2.25. The maximum atomic E-state index is 12.7. The molecule has 21 heavy (non-hydrogen) atoms. The number of likely N-dealkylation sites (tertiary alicyclic amines) is 1. The summed E-state index contributed by atoms with van der Waals surface area (Å²) in [4.78, 5) is 27.5. The zero-order valence-electron chi connectivity index (χ0n) is 13.0. The van der Waals surface area contributed by atoms with Gasteiger partial charge in [0.05, 0.1) is 6.10 Å². The number of nitrogens with zero attached hydrogens (tertiary/aromatic N) is 2. The summed E-state index contributed by atoms with van der Waals surface area (Å²) in [5.74, 6) is -0.898. The van der Waals surface area contributed by atoms with E-state index in [1.54, 1.807) is 4.90 Å². The van der Waals surface area contributed by atoms with Crippen LogP contribution < -0.4 is 0 Å². The number of rotatable bonds is 4. The number of amides is 2. The molecule has 2 rings (SSSR count). The lowest BCUT2D eigenvalue weighted by Gasteiger charge is -2.40. The number of hydrogen-bond donors (Lipinski definition) is 1. The van der Waals surface area contributed by atoms with Gasteiger partial charge in [-0.3, -0.25) is 0 Å². The van der Waals surface area contributed by atoms with E-state index >= 15 is 0 Å². The molecule has 6 heteroatoms. The van der Waals surface area contributed by atoms with E-state index in [0.29, 0.717) is 19.6 Å². The third-order valence-electron chi connectivity index (χ3n) is 4.53. The van der Waals surface area contributed by atoms with Crippen molar-refractivity contribution in [2.45, 2.75) is 51.7 Å². The first-order chi connectivity index (χ1) is 10.0. The first-order valence-corrected chi connectivity index (χ1v) is 7.94. The van der Waals surface area contributed by atoms with Crippen molar-refractivity contribution < 1.29 is 19.4 Å². The minimum Gasteiger partial charge on any atom is -0.480 e. The summed E-state index contributed by atoms with van der Waals surface area (Å²) < 4.78 is 5.59. The van der Waals surface area contributed by atoms with E-state index in [4.69, 9.17) is 4.74 Å². The Hall–Kier alpha value is -1.30.